The quantitative estimate of drug-likeness (QED) is 0.444. The molecule has 13 heteroatoms. The van der Waals surface area contributed by atoms with Gasteiger partial charge in [-0.2, -0.15) is 13.2 Å². The van der Waals surface area contributed by atoms with Crippen molar-refractivity contribution >= 4 is 23.2 Å². The van der Waals surface area contributed by atoms with Crippen molar-refractivity contribution in [2.45, 2.75) is 31.2 Å². The summed E-state index contributed by atoms with van der Waals surface area (Å²) in [5.74, 6) is 0.674. The number of benzene rings is 1. The van der Waals surface area contributed by atoms with E-state index in [9.17, 15) is 23.1 Å². The Hall–Kier alpha value is -3.97. The Labute approximate surface area is 215 Å². The number of fused-ring (bicyclic) bond motifs is 4. The van der Waals surface area contributed by atoms with E-state index in [4.69, 9.17) is 9.84 Å². The number of halogens is 3. The van der Waals surface area contributed by atoms with Gasteiger partial charge in [0.2, 0.25) is 0 Å². The van der Waals surface area contributed by atoms with Gasteiger partial charge in [0, 0.05) is 24.7 Å². The van der Waals surface area contributed by atoms with Gasteiger partial charge < -0.3 is 25.2 Å². The van der Waals surface area contributed by atoms with Gasteiger partial charge in [0.15, 0.2) is 11.6 Å². The molecule has 2 atom stereocenters. The minimum Gasteiger partial charge on any atom is -0.489 e. The number of piperidine rings is 1. The summed E-state index contributed by atoms with van der Waals surface area (Å²) in [7, 11) is 0. The average Bonchev–Trinajstić information content (AvgIpc) is 2.91. The molecule has 1 aromatic carbocycles. The van der Waals surface area contributed by atoms with Gasteiger partial charge in [-0.1, -0.05) is 12.1 Å². The van der Waals surface area contributed by atoms with E-state index in [2.05, 4.69) is 25.2 Å². The molecule has 2 aliphatic rings. The summed E-state index contributed by atoms with van der Waals surface area (Å²) in [5.41, 5.74) is 0.332. The number of pyridine rings is 1. The number of hydrogen-bond donors (Lipinski definition) is 3. The lowest BCUT2D eigenvalue weighted by Crippen LogP contribution is -2.56. The number of rotatable bonds is 6. The van der Waals surface area contributed by atoms with Crippen molar-refractivity contribution in [3.8, 4) is 17.1 Å². The number of hydrogen-bond acceptors (Lipinski definition) is 8. The second kappa shape index (κ2) is 10.4. The fourth-order valence-corrected chi connectivity index (χ4v) is 4.55. The highest BCUT2D eigenvalue weighted by Gasteiger charge is 2.39. The fourth-order valence-electron chi connectivity index (χ4n) is 4.55. The van der Waals surface area contributed by atoms with E-state index >= 15 is 0 Å². The summed E-state index contributed by atoms with van der Waals surface area (Å²) in [6, 6.07) is 5.60. The summed E-state index contributed by atoms with van der Waals surface area (Å²) in [5, 5.41) is 21.2. The molecule has 3 aromatic rings. The van der Waals surface area contributed by atoms with Crippen molar-refractivity contribution in [2.24, 2.45) is 0 Å². The summed E-state index contributed by atoms with van der Waals surface area (Å²) in [6.07, 6.45) is 0.388. The van der Waals surface area contributed by atoms with Gasteiger partial charge >= 0.3 is 12.2 Å². The zero-order valence-electron chi connectivity index (χ0n) is 20.1. The van der Waals surface area contributed by atoms with Crippen LogP contribution in [0.5, 0.6) is 5.75 Å². The number of carbonyl (C=O) groups is 1. The molecule has 0 radical (unpaired) electrons. The molecular formula is C25H25F3N6O4. The predicted octanol–water partition coefficient (Wildman–Crippen LogP) is 3.31. The molecule has 3 N–H and O–H groups in total. The molecule has 2 bridgehead atoms. The van der Waals surface area contributed by atoms with Crippen molar-refractivity contribution in [1.82, 2.24) is 15.0 Å². The molecular weight excluding hydrogens is 505 g/mol. The van der Waals surface area contributed by atoms with E-state index in [0.717, 1.165) is 31.5 Å². The highest BCUT2D eigenvalue weighted by molar-refractivity contribution is 6.04. The number of carbonyl (C=O) groups excluding carboxylic acids is 1. The number of aliphatic hydroxyl groups is 2. The molecule has 2 aromatic heterocycles. The lowest BCUT2D eigenvalue weighted by atomic mass is 10.0. The van der Waals surface area contributed by atoms with Crippen LogP contribution in [0.15, 0.2) is 48.9 Å². The van der Waals surface area contributed by atoms with Crippen LogP contribution in [0, 0.1) is 0 Å². The van der Waals surface area contributed by atoms with E-state index in [1.54, 1.807) is 6.20 Å². The lowest BCUT2D eigenvalue weighted by Gasteiger charge is -2.45. The Kier molecular flexibility index (Phi) is 7.04. The average molecular weight is 531 g/mol. The first-order valence-electron chi connectivity index (χ1n) is 12.0. The largest absolute Gasteiger partial charge is 0.489 e. The maximum absolute atomic E-state index is 13.5. The molecule has 4 heterocycles. The van der Waals surface area contributed by atoms with Gasteiger partial charge in [-0.3, -0.25) is 9.88 Å². The Morgan fingerprint density at radius 3 is 2.87 bits per heavy atom. The second-order valence-electron chi connectivity index (χ2n) is 9.08. The molecule has 0 saturated carbocycles. The monoisotopic (exact) mass is 530 g/mol. The van der Waals surface area contributed by atoms with Crippen molar-refractivity contribution in [3.63, 3.8) is 0 Å². The van der Waals surface area contributed by atoms with E-state index in [1.165, 1.54) is 35.5 Å². The third kappa shape index (κ3) is 5.34. The number of anilines is 3. The van der Waals surface area contributed by atoms with Crippen LogP contribution in [0.25, 0.3) is 11.4 Å². The molecule has 200 valence electrons. The topological polar surface area (TPSA) is 124 Å². The molecule has 0 unspecified atom stereocenters. The first-order valence-corrected chi connectivity index (χ1v) is 12.0. The number of aromatic nitrogens is 3. The zero-order chi connectivity index (χ0) is 26.9. The molecule has 2 amide bonds. The van der Waals surface area contributed by atoms with Crippen LogP contribution in [-0.4, -0.2) is 69.6 Å². The molecule has 2 aliphatic heterocycles. The summed E-state index contributed by atoms with van der Waals surface area (Å²) in [4.78, 5) is 30.1. The van der Waals surface area contributed by atoms with Crippen molar-refractivity contribution in [3.05, 3.63) is 54.5 Å². The normalized spacial score (nSPS) is 17.6. The van der Waals surface area contributed by atoms with Crippen molar-refractivity contribution in [1.29, 1.82) is 0 Å². The van der Waals surface area contributed by atoms with Gasteiger partial charge in [-0.15, -0.1) is 0 Å². The zero-order valence-corrected chi connectivity index (χ0v) is 20.1. The predicted molar refractivity (Wildman–Crippen MR) is 132 cm³/mol. The molecule has 0 aliphatic carbocycles. The highest BCUT2D eigenvalue weighted by Crippen LogP contribution is 2.39. The minimum absolute atomic E-state index is 0.0772. The molecule has 0 spiro atoms. The number of ether oxygens (including phenoxy) is 1. The van der Waals surface area contributed by atoms with Crippen molar-refractivity contribution in [2.75, 3.05) is 41.4 Å². The Balaban J connectivity index is 1.44. The van der Waals surface area contributed by atoms with Crippen LogP contribution in [0.4, 0.5) is 35.2 Å². The summed E-state index contributed by atoms with van der Waals surface area (Å²) < 4.78 is 45.2. The molecule has 1 fully saturated rings. The maximum Gasteiger partial charge on any atom is 0.416 e. The van der Waals surface area contributed by atoms with Crippen LogP contribution < -0.4 is 19.9 Å². The smallest absolute Gasteiger partial charge is 0.416 e. The minimum atomic E-state index is -4.51. The standard InChI is InChI=1S/C25H25F3N6O4/c26-25(27,28)16-4-1-3-15(7-16)22-30-11-21-23(32-22)34(18-5-2-6-33(21)12-18)24(37)31-17-8-20(10-29-9-17)38-14-19(36)13-35/h1,3-4,7-11,18-19,35-36H,2,5-6,12-14H2,(H,31,37)/t18-,19+/m0/s1. The van der Waals surface area contributed by atoms with Gasteiger partial charge in [0.25, 0.3) is 0 Å². The first kappa shape index (κ1) is 25.7. The van der Waals surface area contributed by atoms with E-state index in [-0.39, 0.29) is 29.8 Å². The third-order valence-corrected chi connectivity index (χ3v) is 6.37. The number of nitrogens with one attached hydrogen (secondary N) is 1. The Bertz CT molecular complexity index is 1320. The van der Waals surface area contributed by atoms with Crippen LogP contribution in [-0.2, 0) is 6.18 Å². The Morgan fingerprint density at radius 2 is 2.08 bits per heavy atom. The lowest BCUT2D eigenvalue weighted by molar-refractivity contribution is -0.137. The summed E-state index contributed by atoms with van der Waals surface area (Å²) in [6.45, 7) is 0.727. The highest BCUT2D eigenvalue weighted by atomic mass is 19.4. The van der Waals surface area contributed by atoms with Crippen LogP contribution in [0.2, 0.25) is 0 Å². The van der Waals surface area contributed by atoms with E-state index < -0.39 is 30.5 Å². The van der Waals surface area contributed by atoms with E-state index in [0.29, 0.717) is 23.7 Å². The number of amides is 2. The number of nitrogens with zero attached hydrogens (tertiary/aromatic N) is 5. The van der Waals surface area contributed by atoms with Gasteiger partial charge in [-0.05, 0) is 25.0 Å². The van der Waals surface area contributed by atoms with Gasteiger partial charge in [0.1, 0.15) is 18.5 Å². The number of alkyl halides is 3. The number of aliphatic hydroxyl groups excluding tert-OH is 2. The van der Waals surface area contributed by atoms with Gasteiger partial charge in [-0.25, -0.2) is 14.8 Å². The van der Waals surface area contributed by atoms with Crippen LogP contribution in [0.1, 0.15) is 18.4 Å². The van der Waals surface area contributed by atoms with Crippen molar-refractivity contribution < 1.29 is 32.9 Å². The second-order valence-corrected chi connectivity index (χ2v) is 9.08. The Morgan fingerprint density at radius 1 is 1.24 bits per heavy atom. The molecule has 5 rings (SSSR count). The van der Waals surface area contributed by atoms with Crippen LogP contribution >= 0.6 is 0 Å². The number of urea groups is 1. The third-order valence-electron chi connectivity index (χ3n) is 6.37. The summed E-state index contributed by atoms with van der Waals surface area (Å²) >= 11 is 0. The molecule has 1 saturated heterocycles. The molecule has 10 nitrogen and oxygen atoms in total. The van der Waals surface area contributed by atoms with E-state index in [1.807, 2.05) is 0 Å². The molecule has 38 heavy (non-hydrogen) atoms. The van der Waals surface area contributed by atoms with Crippen LogP contribution in [0.3, 0.4) is 0 Å². The first-order chi connectivity index (χ1) is 18.2. The SMILES string of the molecule is O=C(Nc1cncc(OC[C@H](O)CO)c1)N1c2nc(-c3cccc(C(F)(F)F)c3)ncc2N2CCC[C@H]1C2. The fraction of sp³-hybridized carbons (Fsp3) is 0.360. The maximum atomic E-state index is 13.5. The van der Waals surface area contributed by atoms with Gasteiger partial charge in [0.05, 0.1) is 48.2 Å².